The van der Waals surface area contributed by atoms with Gasteiger partial charge in [-0.15, -0.1) is 0 Å². The molecule has 18 heavy (non-hydrogen) atoms. The Balaban J connectivity index is 2.28. The standard InChI is InChI=1S/C15H11ClN2/c16-14-5-4-11(8-15(14)17)12-3-1-2-10-6-7-18-9-13(10)12/h1-9H,17H2. The number of benzene rings is 2. The molecule has 0 saturated carbocycles. The molecule has 3 rings (SSSR count). The van der Waals surface area contributed by atoms with Gasteiger partial charge in [0.05, 0.1) is 10.7 Å². The summed E-state index contributed by atoms with van der Waals surface area (Å²) in [5, 5.41) is 2.86. The van der Waals surface area contributed by atoms with Gasteiger partial charge in [-0.25, -0.2) is 0 Å². The summed E-state index contributed by atoms with van der Waals surface area (Å²) in [5.41, 5.74) is 8.61. The molecule has 2 aromatic carbocycles. The van der Waals surface area contributed by atoms with E-state index in [1.165, 1.54) is 0 Å². The predicted octanol–water partition coefficient (Wildman–Crippen LogP) is 4.14. The van der Waals surface area contributed by atoms with E-state index in [4.69, 9.17) is 17.3 Å². The van der Waals surface area contributed by atoms with Gasteiger partial charge < -0.3 is 5.73 Å². The van der Waals surface area contributed by atoms with Gasteiger partial charge >= 0.3 is 0 Å². The van der Waals surface area contributed by atoms with E-state index in [-0.39, 0.29) is 0 Å². The second-order valence-electron chi connectivity index (χ2n) is 4.14. The Bertz CT molecular complexity index is 717. The molecule has 1 aromatic heterocycles. The fourth-order valence-corrected chi connectivity index (χ4v) is 2.19. The molecule has 0 fully saturated rings. The summed E-state index contributed by atoms with van der Waals surface area (Å²) >= 11 is 5.95. The number of pyridine rings is 1. The SMILES string of the molecule is Nc1cc(-c2cccc3ccncc23)ccc1Cl. The summed E-state index contributed by atoms with van der Waals surface area (Å²) < 4.78 is 0. The largest absolute Gasteiger partial charge is 0.398 e. The maximum Gasteiger partial charge on any atom is 0.0635 e. The molecule has 88 valence electrons. The number of hydrogen-bond acceptors (Lipinski definition) is 2. The number of anilines is 1. The van der Waals surface area contributed by atoms with Gasteiger partial charge in [-0.05, 0) is 34.7 Å². The smallest absolute Gasteiger partial charge is 0.0635 e. The monoisotopic (exact) mass is 254 g/mol. The highest BCUT2D eigenvalue weighted by atomic mass is 35.5. The van der Waals surface area contributed by atoms with Crippen molar-refractivity contribution in [2.24, 2.45) is 0 Å². The first-order valence-corrected chi connectivity index (χ1v) is 6.01. The number of rotatable bonds is 1. The summed E-state index contributed by atoms with van der Waals surface area (Å²) in [4.78, 5) is 4.18. The van der Waals surface area contributed by atoms with Crippen molar-refractivity contribution in [1.82, 2.24) is 4.98 Å². The van der Waals surface area contributed by atoms with E-state index in [2.05, 4.69) is 17.1 Å². The number of fused-ring (bicyclic) bond motifs is 1. The molecule has 0 aliphatic carbocycles. The number of nitrogens with zero attached hydrogens (tertiary/aromatic N) is 1. The highest BCUT2D eigenvalue weighted by Crippen LogP contribution is 2.31. The van der Waals surface area contributed by atoms with Crippen LogP contribution in [0.1, 0.15) is 0 Å². The van der Waals surface area contributed by atoms with Crippen LogP contribution in [0, 0.1) is 0 Å². The lowest BCUT2D eigenvalue weighted by molar-refractivity contribution is 1.36. The lowest BCUT2D eigenvalue weighted by Crippen LogP contribution is -1.88. The molecule has 0 aliphatic rings. The maximum absolute atomic E-state index is 5.95. The lowest BCUT2D eigenvalue weighted by atomic mass is 9.99. The van der Waals surface area contributed by atoms with Gasteiger partial charge in [-0.1, -0.05) is 35.9 Å². The van der Waals surface area contributed by atoms with E-state index in [0.717, 1.165) is 21.9 Å². The number of nitrogen functional groups attached to an aromatic ring is 1. The average molecular weight is 255 g/mol. The van der Waals surface area contributed by atoms with Crippen LogP contribution in [0.5, 0.6) is 0 Å². The van der Waals surface area contributed by atoms with E-state index in [0.29, 0.717) is 10.7 Å². The second-order valence-corrected chi connectivity index (χ2v) is 4.55. The van der Waals surface area contributed by atoms with E-state index >= 15 is 0 Å². The topological polar surface area (TPSA) is 38.9 Å². The van der Waals surface area contributed by atoms with E-state index in [9.17, 15) is 0 Å². The minimum Gasteiger partial charge on any atom is -0.398 e. The van der Waals surface area contributed by atoms with Crippen LogP contribution in [0.25, 0.3) is 21.9 Å². The van der Waals surface area contributed by atoms with E-state index in [1.54, 1.807) is 6.20 Å². The van der Waals surface area contributed by atoms with Gasteiger partial charge in [0.1, 0.15) is 0 Å². The fourth-order valence-electron chi connectivity index (χ4n) is 2.08. The van der Waals surface area contributed by atoms with E-state index in [1.807, 2.05) is 36.5 Å². The molecule has 2 nitrogen and oxygen atoms in total. The van der Waals surface area contributed by atoms with Crippen LogP contribution in [0.2, 0.25) is 5.02 Å². The van der Waals surface area contributed by atoms with Gasteiger partial charge in [-0.2, -0.15) is 0 Å². The molecule has 0 amide bonds. The van der Waals surface area contributed by atoms with Gasteiger partial charge in [0.2, 0.25) is 0 Å². The quantitative estimate of drug-likeness (QED) is 0.663. The molecule has 0 bridgehead atoms. The molecule has 0 radical (unpaired) electrons. The van der Waals surface area contributed by atoms with Crippen molar-refractivity contribution in [1.29, 1.82) is 0 Å². The summed E-state index contributed by atoms with van der Waals surface area (Å²) in [6.45, 7) is 0. The molecule has 0 aliphatic heterocycles. The molecular formula is C15H11ClN2. The lowest BCUT2D eigenvalue weighted by Gasteiger charge is -2.08. The minimum absolute atomic E-state index is 0.581. The molecule has 2 N–H and O–H groups in total. The first kappa shape index (κ1) is 11.1. The van der Waals surface area contributed by atoms with E-state index < -0.39 is 0 Å². The Kier molecular flexibility index (Phi) is 2.65. The molecule has 3 aromatic rings. The maximum atomic E-state index is 5.95. The minimum atomic E-state index is 0.581. The highest BCUT2D eigenvalue weighted by molar-refractivity contribution is 6.33. The van der Waals surface area contributed by atoms with Crippen molar-refractivity contribution in [2.45, 2.75) is 0 Å². The van der Waals surface area contributed by atoms with Crippen LogP contribution in [0.15, 0.2) is 54.9 Å². The zero-order valence-corrected chi connectivity index (χ0v) is 10.4. The second kappa shape index (κ2) is 4.31. The third-order valence-corrected chi connectivity index (χ3v) is 3.33. The van der Waals surface area contributed by atoms with Crippen molar-refractivity contribution < 1.29 is 0 Å². The van der Waals surface area contributed by atoms with Crippen molar-refractivity contribution >= 4 is 28.1 Å². The Morgan fingerprint density at radius 2 is 1.94 bits per heavy atom. The number of halogens is 1. The Morgan fingerprint density at radius 1 is 1.06 bits per heavy atom. The first-order valence-electron chi connectivity index (χ1n) is 5.64. The average Bonchev–Trinajstić information content (AvgIpc) is 2.41. The van der Waals surface area contributed by atoms with Crippen LogP contribution in [-0.2, 0) is 0 Å². The first-order chi connectivity index (χ1) is 8.75. The zero-order chi connectivity index (χ0) is 12.5. The van der Waals surface area contributed by atoms with Gasteiger partial charge in [0.15, 0.2) is 0 Å². The van der Waals surface area contributed by atoms with Gasteiger partial charge in [-0.3, -0.25) is 4.98 Å². The van der Waals surface area contributed by atoms with Crippen LogP contribution in [-0.4, -0.2) is 4.98 Å². The van der Waals surface area contributed by atoms with Gasteiger partial charge in [0.25, 0.3) is 0 Å². The number of aromatic nitrogens is 1. The Labute approximate surface area is 110 Å². The number of nitrogens with two attached hydrogens (primary N) is 1. The summed E-state index contributed by atoms with van der Waals surface area (Å²) in [5.74, 6) is 0. The predicted molar refractivity (Wildman–Crippen MR) is 76.6 cm³/mol. The van der Waals surface area contributed by atoms with Gasteiger partial charge in [0, 0.05) is 17.8 Å². The van der Waals surface area contributed by atoms with Crippen molar-refractivity contribution in [3.8, 4) is 11.1 Å². The Morgan fingerprint density at radius 3 is 2.78 bits per heavy atom. The molecule has 0 unspecified atom stereocenters. The van der Waals surface area contributed by atoms with Crippen LogP contribution < -0.4 is 5.73 Å². The van der Waals surface area contributed by atoms with Crippen LogP contribution in [0.3, 0.4) is 0 Å². The van der Waals surface area contributed by atoms with Crippen LogP contribution >= 0.6 is 11.6 Å². The zero-order valence-electron chi connectivity index (χ0n) is 9.60. The van der Waals surface area contributed by atoms with Crippen molar-refractivity contribution in [3.05, 3.63) is 59.9 Å². The molecule has 3 heteroatoms. The summed E-state index contributed by atoms with van der Waals surface area (Å²) in [6, 6.07) is 13.8. The molecule has 0 atom stereocenters. The normalized spacial score (nSPS) is 10.7. The third-order valence-electron chi connectivity index (χ3n) is 2.99. The molecule has 0 spiro atoms. The Hall–Kier alpha value is -2.06. The van der Waals surface area contributed by atoms with Crippen molar-refractivity contribution in [2.75, 3.05) is 5.73 Å². The van der Waals surface area contributed by atoms with Crippen LogP contribution in [0.4, 0.5) is 5.69 Å². The van der Waals surface area contributed by atoms with Crippen molar-refractivity contribution in [3.63, 3.8) is 0 Å². The highest BCUT2D eigenvalue weighted by Gasteiger charge is 2.05. The molecule has 0 saturated heterocycles. The summed E-state index contributed by atoms with van der Waals surface area (Å²) in [6.07, 6.45) is 3.66. The number of hydrogen-bond donors (Lipinski definition) is 1. The third kappa shape index (κ3) is 1.81. The fraction of sp³-hybridized carbons (Fsp3) is 0. The summed E-state index contributed by atoms with van der Waals surface area (Å²) in [7, 11) is 0. The molecular weight excluding hydrogens is 244 g/mol. The molecule has 1 heterocycles.